The number of anilines is 2. The van der Waals surface area contributed by atoms with Crippen LogP contribution in [0, 0.1) is 0 Å². The second kappa shape index (κ2) is 6.72. The highest BCUT2D eigenvalue weighted by molar-refractivity contribution is 6.04. The van der Waals surface area contributed by atoms with E-state index in [-0.39, 0.29) is 5.91 Å². The van der Waals surface area contributed by atoms with E-state index in [1.54, 1.807) is 18.3 Å². The lowest BCUT2D eigenvalue weighted by Crippen LogP contribution is -2.42. The molecule has 1 aromatic carbocycles. The largest absolute Gasteiger partial charge is 0.390 e. The average molecular weight is 351 g/mol. The van der Waals surface area contributed by atoms with Crippen molar-refractivity contribution >= 4 is 17.3 Å². The molecular weight excluding hydrogens is 326 g/mol. The molecule has 2 heterocycles. The van der Waals surface area contributed by atoms with Crippen LogP contribution in [0.15, 0.2) is 42.6 Å². The SMILES string of the molecule is CC1(O)CCN(c2ccc(C3CC3)cc2NC(=O)c2ccccn2)CC1. The maximum absolute atomic E-state index is 12.6. The van der Waals surface area contributed by atoms with Gasteiger partial charge in [0.2, 0.25) is 0 Å². The van der Waals surface area contributed by atoms with Crippen LogP contribution in [0.25, 0.3) is 0 Å². The van der Waals surface area contributed by atoms with Gasteiger partial charge in [-0.15, -0.1) is 0 Å². The quantitative estimate of drug-likeness (QED) is 0.884. The Morgan fingerprint density at radius 2 is 2.00 bits per heavy atom. The molecule has 1 amide bonds. The first-order chi connectivity index (χ1) is 12.5. The molecule has 1 aliphatic heterocycles. The maximum atomic E-state index is 12.6. The molecule has 0 radical (unpaired) electrons. The van der Waals surface area contributed by atoms with Crippen LogP contribution in [0.4, 0.5) is 11.4 Å². The lowest BCUT2D eigenvalue weighted by Gasteiger charge is -2.38. The number of hydrogen-bond donors (Lipinski definition) is 2. The highest BCUT2D eigenvalue weighted by atomic mass is 16.3. The summed E-state index contributed by atoms with van der Waals surface area (Å²) in [5.74, 6) is 0.431. The topological polar surface area (TPSA) is 65.5 Å². The van der Waals surface area contributed by atoms with Gasteiger partial charge in [0.15, 0.2) is 0 Å². The van der Waals surface area contributed by atoms with Crippen molar-refractivity contribution in [1.29, 1.82) is 0 Å². The van der Waals surface area contributed by atoms with Gasteiger partial charge in [-0.05, 0) is 68.4 Å². The Balaban J connectivity index is 1.60. The number of nitrogens with zero attached hydrogens (tertiary/aromatic N) is 2. The molecule has 4 rings (SSSR count). The average Bonchev–Trinajstić information content (AvgIpc) is 3.48. The molecule has 2 aliphatic rings. The first-order valence-electron chi connectivity index (χ1n) is 9.35. The number of piperidine rings is 1. The molecule has 0 atom stereocenters. The van der Waals surface area contributed by atoms with Gasteiger partial charge in [-0.1, -0.05) is 12.1 Å². The molecule has 1 saturated carbocycles. The molecule has 1 aliphatic carbocycles. The summed E-state index contributed by atoms with van der Waals surface area (Å²) < 4.78 is 0. The van der Waals surface area contributed by atoms with Crippen molar-refractivity contribution in [3.63, 3.8) is 0 Å². The van der Waals surface area contributed by atoms with Gasteiger partial charge in [0.1, 0.15) is 5.69 Å². The minimum absolute atomic E-state index is 0.191. The Hall–Kier alpha value is -2.40. The van der Waals surface area contributed by atoms with Crippen LogP contribution in [-0.4, -0.2) is 34.7 Å². The monoisotopic (exact) mass is 351 g/mol. The Labute approximate surface area is 154 Å². The number of rotatable bonds is 4. The van der Waals surface area contributed by atoms with Crippen molar-refractivity contribution in [2.45, 2.75) is 44.1 Å². The molecule has 5 nitrogen and oxygen atoms in total. The van der Waals surface area contributed by atoms with E-state index in [4.69, 9.17) is 0 Å². The fourth-order valence-corrected chi connectivity index (χ4v) is 3.51. The third kappa shape index (κ3) is 3.73. The zero-order valence-corrected chi connectivity index (χ0v) is 15.1. The van der Waals surface area contributed by atoms with E-state index in [9.17, 15) is 9.90 Å². The molecule has 1 saturated heterocycles. The molecule has 2 fully saturated rings. The highest BCUT2D eigenvalue weighted by Gasteiger charge is 2.30. The smallest absolute Gasteiger partial charge is 0.274 e. The van der Waals surface area contributed by atoms with Crippen molar-refractivity contribution in [3.8, 4) is 0 Å². The van der Waals surface area contributed by atoms with Crippen LogP contribution in [0.3, 0.4) is 0 Å². The molecule has 2 aromatic rings. The maximum Gasteiger partial charge on any atom is 0.274 e. The van der Waals surface area contributed by atoms with E-state index in [1.807, 2.05) is 13.0 Å². The number of nitrogens with one attached hydrogen (secondary N) is 1. The van der Waals surface area contributed by atoms with Gasteiger partial charge in [0, 0.05) is 19.3 Å². The minimum atomic E-state index is -0.595. The molecule has 0 bridgehead atoms. The number of carbonyl (C=O) groups excluding carboxylic acids is 1. The van der Waals surface area contributed by atoms with Crippen molar-refractivity contribution in [2.24, 2.45) is 0 Å². The molecular formula is C21H25N3O2. The summed E-state index contributed by atoms with van der Waals surface area (Å²) in [5.41, 5.74) is 2.97. The number of amides is 1. The molecule has 136 valence electrons. The predicted octanol–water partition coefficient (Wildman–Crippen LogP) is 3.56. The Kier molecular flexibility index (Phi) is 4.41. The number of aliphatic hydroxyl groups is 1. The van der Waals surface area contributed by atoms with Crippen molar-refractivity contribution in [2.75, 3.05) is 23.3 Å². The van der Waals surface area contributed by atoms with Gasteiger partial charge in [0.05, 0.1) is 17.0 Å². The van der Waals surface area contributed by atoms with E-state index in [2.05, 4.69) is 33.4 Å². The molecule has 5 heteroatoms. The van der Waals surface area contributed by atoms with Gasteiger partial charge < -0.3 is 15.3 Å². The third-order valence-corrected chi connectivity index (χ3v) is 5.40. The molecule has 1 aromatic heterocycles. The summed E-state index contributed by atoms with van der Waals surface area (Å²) in [5, 5.41) is 13.3. The number of carbonyl (C=O) groups is 1. The van der Waals surface area contributed by atoms with Crippen LogP contribution >= 0.6 is 0 Å². The number of pyridine rings is 1. The van der Waals surface area contributed by atoms with Gasteiger partial charge in [-0.2, -0.15) is 0 Å². The normalized spacial score (nSPS) is 19.2. The van der Waals surface area contributed by atoms with E-state index in [1.165, 1.54) is 18.4 Å². The van der Waals surface area contributed by atoms with Crippen molar-refractivity contribution < 1.29 is 9.90 Å². The van der Waals surface area contributed by atoms with Gasteiger partial charge in [-0.3, -0.25) is 9.78 Å². The summed E-state index contributed by atoms with van der Waals surface area (Å²) in [7, 11) is 0. The summed E-state index contributed by atoms with van der Waals surface area (Å²) in [4.78, 5) is 19.0. The first kappa shape index (κ1) is 17.0. The summed E-state index contributed by atoms with van der Waals surface area (Å²) in [6.45, 7) is 3.45. The molecule has 0 unspecified atom stereocenters. The molecule has 0 spiro atoms. The predicted molar refractivity (Wildman–Crippen MR) is 103 cm³/mol. The summed E-state index contributed by atoms with van der Waals surface area (Å²) >= 11 is 0. The summed E-state index contributed by atoms with van der Waals surface area (Å²) in [6, 6.07) is 11.7. The Morgan fingerprint density at radius 1 is 1.23 bits per heavy atom. The van der Waals surface area contributed by atoms with Crippen LogP contribution in [0.2, 0.25) is 0 Å². The van der Waals surface area contributed by atoms with E-state index >= 15 is 0 Å². The van der Waals surface area contributed by atoms with Crippen LogP contribution in [0.1, 0.15) is 54.6 Å². The zero-order chi connectivity index (χ0) is 18.1. The number of aromatic nitrogens is 1. The highest BCUT2D eigenvalue weighted by Crippen LogP contribution is 2.43. The second-order valence-electron chi connectivity index (χ2n) is 7.70. The van der Waals surface area contributed by atoms with Gasteiger partial charge in [-0.25, -0.2) is 0 Å². The van der Waals surface area contributed by atoms with Crippen molar-refractivity contribution in [1.82, 2.24) is 4.98 Å². The standard InChI is InChI=1S/C21H25N3O2/c1-21(26)9-12-24(13-10-21)19-8-7-16(15-5-6-15)14-18(19)23-20(25)17-4-2-3-11-22-17/h2-4,7-8,11,14-15,26H,5-6,9-10,12-13H2,1H3,(H,23,25). The van der Waals surface area contributed by atoms with Crippen LogP contribution in [0.5, 0.6) is 0 Å². The molecule has 26 heavy (non-hydrogen) atoms. The number of hydrogen-bond acceptors (Lipinski definition) is 4. The second-order valence-corrected chi connectivity index (χ2v) is 7.70. The zero-order valence-electron chi connectivity index (χ0n) is 15.1. The third-order valence-electron chi connectivity index (χ3n) is 5.40. The van der Waals surface area contributed by atoms with E-state index < -0.39 is 5.60 Å². The lowest BCUT2D eigenvalue weighted by molar-refractivity contribution is 0.0351. The van der Waals surface area contributed by atoms with Crippen LogP contribution in [-0.2, 0) is 0 Å². The van der Waals surface area contributed by atoms with Crippen LogP contribution < -0.4 is 10.2 Å². The lowest BCUT2D eigenvalue weighted by atomic mass is 9.93. The summed E-state index contributed by atoms with van der Waals surface area (Å²) in [6.07, 6.45) is 5.53. The Morgan fingerprint density at radius 3 is 2.65 bits per heavy atom. The van der Waals surface area contributed by atoms with Gasteiger partial charge >= 0.3 is 0 Å². The fraction of sp³-hybridized carbons (Fsp3) is 0.429. The Bertz CT molecular complexity index is 790. The fourth-order valence-electron chi connectivity index (χ4n) is 3.51. The molecule has 2 N–H and O–H groups in total. The first-order valence-corrected chi connectivity index (χ1v) is 9.35. The van der Waals surface area contributed by atoms with Gasteiger partial charge in [0.25, 0.3) is 5.91 Å². The van der Waals surface area contributed by atoms with Crippen molar-refractivity contribution in [3.05, 3.63) is 53.9 Å². The van der Waals surface area contributed by atoms with E-state index in [0.717, 1.165) is 37.3 Å². The number of benzene rings is 1. The minimum Gasteiger partial charge on any atom is -0.390 e. The van der Waals surface area contributed by atoms with E-state index in [0.29, 0.717) is 11.6 Å².